The van der Waals surface area contributed by atoms with Crippen LogP contribution in [0, 0.1) is 40.6 Å². The van der Waals surface area contributed by atoms with Crippen molar-refractivity contribution in [3.8, 4) is 17.2 Å². The lowest BCUT2D eigenvalue weighted by Crippen LogP contribution is -2.15. The third-order valence-electron chi connectivity index (χ3n) is 6.99. The Labute approximate surface area is 187 Å². The second-order valence-electron chi connectivity index (χ2n) is 9.12. The number of aryl methyl sites for hydroxylation is 1. The van der Waals surface area contributed by atoms with Crippen LogP contribution in [0.5, 0.6) is 0 Å². The zero-order valence-corrected chi connectivity index (χ0v) is 18.4. The summed E-state index contributed by atoms with van der Waals surface area (Å²) in [4.78, 5) is 0. The molecule has 0 bridgehead atoms. The Morgan fingerprint density at radius 3 is 2.25 bits per heavy atom. The first-order valence-corrected chi connectivity index (χ1v) is 11.6. The molecule has 0 N–H and O–H groups in total. The molecule has 0 saturated heterocycles. The average Bonchev–Trinajstić information content (AvgIpc) is 2.79. The monoisotopic (exact) mass is 435 g/mol. The minimum absolute atomic E-state index is 0.150. The Kier molecular flexibility index (Phi) is 6.84. The van der Waals surface area contributed by atoms with Gasteiger partial charge in [-0.15, -0.1) is 0 Å². The van der Waals surface area contributed by atoms with E-state index in [2.05, 4.69) is 6.92 Å². The van der Waals surface area contributed by atoms with Crippen LogP contribution in [0.25, 0.3) is 21.9 Å². The first-order chi connectivity index (χ1) is 15.5. The highest BCUT2D eigenvalue weighted by atomic mass is 19.1. The molecule has 1 saturated carbocycles. The first kappa shape index (κ1) is 22.4. The van der Waals surface area contributed by atoms with Crippen LogP contribution in [0.4, 0.5) is 13.2 Å². The Morgan fingerprint density at radius 2 is 1.59 bits per heavy atom. The van der Waals surface area contributed by atoms with Crippen LogP contribution >= 0.6 is 0 Å². The second-order valence-corrected chi connectivity index (χ2v) is 9.12. The molecule has 1 aliphatic rings. The van der Waals surface area contributed by atoms with Gasteiger partial charge >= 0.3 is 0 Å². The fourth-order valence-corrected chi connectivity index (χ4v) is 5.14. The molecule has 0 atom stereocenters. The molecule has 1 fully saturated rings. The number of benzene rings is 3. The quantitative estimate of drug-likeness (QED) is 0.382. The van der Waals surface area contributed by atoms with Gasteiger partial charge in [-0.1, -0.05) is 69.7 Å². The molecule has 0 heterocycles. The molecule has 4 rings (SSSR count). The second kappa shape index (κ2) is 9.77. The Hall–Kier alpha value is -2.80. The Morgan fingerprint density at radius 1 is 0.875 bits per heavy atom. The van der Waals surface area contributed by atoms with E-state index in [-0.39, 0.29) is 11.2 Å². The molecule has 0 spiro atoms. The molecule has 0 radical (unpaired) electrons. The van der Waals surface area contributed by atoms with E-state index in [0.717, 1.165) is 36.3 Å². The number of nitriles is 1. The molecule has 0 aliphatic heterocycles. The van der Waals surface area contributed by atoms with Gasteiger partial charge in [-0.05, 0) is 59.4 Å². The van der Waals surface area contributed by atoms with Crippen LogP contribution in [0.2, 0.25) is 0 Å². The maximum atomic E-state index is 14.9. The van der Waals surface area contributed by atoms with E-state index in [1.807, 2.05) is 6.07 Å². The van der Waals surface area contributed by atoms with Crippen molar-refractivity contribution in [2.75, 3.05) is 0 Å². The van der Waals surface area contributed by atoms with Crippen LogP contribution < -0.4 is 0 Å². The Balaban J connectivity index is 1.47. The van der Waals surface area contributed by atoms with E-state index in [1.54, 1.807) is 30.3 Å². The van der Waals surface area contributed by atoms with Crippen molar-refractivity contribution in [3.63, 3.8) is 0 Å². The molecular weight excluding hydrogens is 407 g/mol. The highest BCUT2D eigenvalue weighted by molar-refractivity contribution is 5.89. The molecule has 1 aliphatic carbocycles. The van der Waals surface area contributed by atoms with Crippen molar-refractivity contribution < 1.29 is 13.2 Å². The van der Waals surface area contributed by atoms with Gasteiger partial charge in [0.15, 0.2) is 5.82 Å². The molecule has 3 aromatic rings. The van der Waals surface area contributed by atoms with E-state index in [1.165, 1.54) is 44.6 Å². The third kappa shape index (κ3) is 4.67. The van der Waals surface area contributed by atoms with Crippen LogP contribution in [0.3, 0.4) is 0 Å². The van der Waals surface area contributed by atoms with Crippen LogP contribution in [0.15, 0.2) is 42.5 Å². The molecule has 166 valence electrons. The third-order valence-corrected chi connectivity index (χ3v) is 6.99. The maximum Gasteiger partial charge on any atom is 0.151 e. The summed E-state index contributed by atoms with van der Waals surface area (Å²) in [5.74, 6) is -0.497. The van der Waals surface area contributed by atoms with Gasteiger partial charge in [0.1, 0.15) is 23.3 Å². The lowest BCUT2D eigenvalue weighted by molar-refractivity contribution is 0.252. The number of halogens is 3. The van der Waals surface area contributed by atoms with Crippen molar-refractivity contribution in [1.29, 1.82) is 5.26 Å². The van der Waals surface area contributed by atoms with Gasteiger partial charge in [0.2, 0.25) is 0 Å². The summed E-state index contributed by atoms with van der Waals surface area (Å²) in [6, 6.07) is 12.6. The van der Waals surface area contributed by atoms with E-state index in [9.17, 15) is 13.2 Å². The summed E-state index contributed by atoms with van der Waals surface area (Å²) < 4.78 is 43.3. The molecule has 32 heavy (non-hydrogen) atoms. The van der Waals surface area contributed by atoms with E-state index < -0.39 is 17.2 Å². The number of hydrogen-bond donors (Lipinski definition) is 0. The van der Waals surface area contributed by atoms with Crippen LogP contribution in [0.1, 0.15) is 63.0 Å². The molecule has 0 unspecified atom stereocenters. The highest BCUT2D eigenvalue weighted by Gasteiger charge is 2.20. The first-order valence-electron chi connectivity index (χ1n) is 11.6. The van der Waals surface area contributed by atoms with Crippen molar-refractivity contribution in [2.24, 2.45) is 11.8 Å². The summed E-state index contributed by atoms with van der Waals surface area (Å²) in [6.45, 7) is 2.25. The molecule has 3 aromatic carbocycles. The Bertz CT molecular complexity index is 1150. The highest BCUT2D eigenvalue weighted by Crippen LogP contribution is 2.34. The summed E-state index contributed by atoms with van der Waals surface area (Å²) in [5, 5.41) is 9.39. The SMILES string of the molecule is CCCC1CCC(CCc2ccc(-c3ccc4c(F)c(C#N)c(F)cc4c3)c(F)c2)CC1. The van der Waals surface area contributed by atoms with E-state index in [0.29, 0.717) is 16.5 Å². The van der Waals surface area contributed by atoms with Crippen molar-refractivity contribution in [3.05, 3.63) is 71.0 Å². The lowest BCUT2D eigenvalue weighted by Gasteiger charge is -2.28. The van der Waals surface area contributed by atoms with Crippen molar-refractivity contribution >= 4 is 10.8 Å². The maximum absolute atomic E-state index is 14.9. The van der Waals surface area contributed by atoms with Gasteiger partial charge in [0.25, 0.3) is 0 Å². The minimum atomic E-state index is -0.908. The number of rotatable bonds is 6. The van der Waals surface area contributed by atoms with Crippen LogP contribution in [-0.2, 0) is 6.42 Å². The summed E-state index contributed by atoms with van der Waals surface area (Å²) in [5.41, 5.74) is 1.35. The molecule has 0 aromatic heterocycles. The fourth-order valence-electron chi connectivity index (χ4n) is 5.14. The predicted octanol–water partition coefficient (Wildman–Crippen LogP) is 8.33. The standard InChI is InChI=1S/C28H28F3N/c1-2-3-18-4-6-19(7-5-18)8-9-20-10-12-23(26(29)14-20)21-11-13-24-22(15-21)16-27(30)25(17-32)28(24)31/h10-16,18-19H,2-9H2,1H3. The zero-order valence-electron chi connectivity index (χ0n) is 18.4. The topological polar surface area (TPSA) is 23.8 Å². The molecule has 1 nitrogen and oxygen atoms in total. The normalized spacial score (nSPS) is 18.6. The molecule has 4 heteroatoms. The summed E-state index contributed by atoms with van der Waals surface area (Å²) >= 11 is 0. The molecular formula is C28H28F3N. The number of nitrogens with zero attached hydrogens (tertiary/aromatic N) is 1. The average molecular weight is 436 g/mol. The van der Waals surface area contributed by atoms with Crippen molar-refractivity contribution in [1.82, 2.24) is 0 Å². The van der Waals surface area contributed by atoms with Crippen LogP contribution in [-0.4, -0.2) is 0 Å². The lowest BCUT2D eigenvalue weighted by atomic mass is 9.78. The van der Waals surface area contributed by atoms with E-state index in [4.69, 9.17) is 5.26 Å². The van der Waals surface area contributed by atoms with Gasteiger partial charge in [-0.2, -0.15) is 5.26 Å². The number of fused-ring (bicyclic) bond motifs is 1. The van der Waals surface area contributed by atoms with Gasteiger partial charge < -0.3 is 0 Å². The summed E-state index contributed by atoms with van der Waals surface area (Å²) in [6.07, 6.45) is 9.77. The smallest absolute Gasteiger partial charge is 0.151 e. The van der Waals surface area contributed by atoms with Gasteiger partial charge in [0.05, 0.1) is 0 Å². The largest absolute Gasteiger partial charge is 0.206 e. The zero-order chi connectivity index (χ0) is 22.7. The van der Waals surface area contributed by atoms with Gasteiger partial charge in [-0.25, -0.2) is 13.2 Å². The summed E-state index contributed by atoms with van der Waals surface area (Å²) in [7, 11) is 0. The van der Waals surface area contributed by atoms with Gasteiger partial charge in [-0.3, -0.25) is 0 Å². The minimum Gasteiger partial charge on any atom is -0.206 e. The predicted molar refractivity (Wildman–Crippen MR) is 123 cm³/mol. The van der Waals surface area contributed by atoms with Crippen molar-refractivity contribution in [2.45, 2.75) is 58.3 Å². The number of hydrogen-bond acceptors (Lipinski definition) is 1. The van der Waals surface area contributed by atoms with E-state index >= 15 is 0 Å². The fraction of sp³-hybridized carbons (Fsp3) is 0.393. The molecule has 0 amide bonds. The van der Waals surface area contributed by atoms with Gasteiger partial charge in [0, 0.05) is 10.9 Å².